The average molecular weight is 353 g/mol. The van der Waals surface area contributed by atoms with E-state index in [1.54, 1.807) is 23.7 Å². The minimum absolute atomic E-state index is 0.00703. The standard InChI is InChI=1S/C19H19N3O2S/c23-18(9-5-11-24-17-7-2-1-3-8-17)21-13-16-14-25-19(22-16)15-6-4-10-20-12-15/h1-4,6-8,10,12,14H,5,9,11,13H2,(H,21,23). The van der Waals surface area contributed by atoms with Gasteiger partial charge in [-0.2, -0.15) is 0 Å². The Morgan fingerprint density at radius 2 is 2.04 bits per heavy atom. The first kappa shape index (κ1) is 17.1. The van der Waals surface area contributed by atoms with Crippen LogP contribution in [0.15, 0.2) is 60.2 Å². The SMILES string of the molecule is O=C(CCCOc1ccccc1)NCc1csc(-c2cccnc2)n1. The van der Waals surface area contributed by atoms with E-state index in [2.05, 4.69) is 15.3 Å². The molecule has 0 saturated heterocycles. The van der Waals surface area contributed by atoms with Crippen molar-refractivity contribution in [2.75, 3.05) is 6.61 Å². The fourth-order valence-corrected chi connectivity index (χ4v) is 3.04. The Labute approximate surface area is 150 Å². The summed E-state index contributed by atoms with van der Waals surface area (Å²) in [6, 6.07) is 13.5. The number of benzene rings is 1. The van der Waals surface area contributed by atoms with E-state index in [1.807, 2.05) is 47.8 Å². The smallest absolute Gasteiger partial charge is 0.220 e. The topological polar surface area (TPSA) is 64.1 Å². The molecule has 0 aliphatic rings. The highest BCUT2D eigenvalue weighted by Crippen LogP contribution is 2.22. The number of nitrogens with one attached hydrogen (secondary N) is 1. The molecular formula is C19H19N3O2S. The minimum atomic E-state index is 0.00703. The van der Waals surface area contributed by atoms with Crippen LogP contribution in [0.25, 0.3) is 10.6 Å². The molecular weight excluding hydrogens is 334 g/mol. The third-order valence-corrected chi connectivity index (χ3v) is 4.43. The molecule has 0 saturated carbocycles. The lowest BCUT2D eigenvalue weighted by Crippen LogP contribution is -2.23. The molecule has 1 amide bonds. The summed E-state index contributed by atoms with van der Waals surface area (Å²) in [7, 11) is 0. The van der Waals surface area contributed by atoms with Gasteiger partial charge in [-0.15, -0.1) is 11.3 Å². The molecule has 0 bridgehead atoms. The van der Waals surface area contributed by atoms with Crippen LogP contribution < -0.4 is 10.1 Å². The van der Waals surface area contributed by atoms with Gasteiger partial charge in [-0.25, -0.2) is 4.98 Å². The van der Waals surface area contributed by atoms with Crippen LogP contribution in [-0.4, -0.2) is 22.5 Å². The lowest BCUT2D eigenvalue weighted by atomic mass is 10.3. The van der Waals surface area contributed by atoms with Gasteiger partial charge in [-0.3, -0.25) is 9.78 Å². The van der Waals surface area contributed by atoms with E-state index in [0.29, 0.717) is 26.0 Å². The van der Waals surface area contributed by atoms with E-state index < -0.39 is 0 Å². The molecule has 0 spiro atoms. The summed E-state index contributed by atoms with van der Waals surface area (Å²) >= 11 is 1.55. The lowest BCUT2D eigenvalue weighted by Gasteiger charge is -2.06. The van der Waals surface area contributed by atoms with Crippen molar-refractivity contribution >= 4 is 17.2 Å². The van der Waals surface area contributed by atoms with Gasteiger partial charge in [0.1, 0.15) is 10.8 Å². The second-order valence-electron chi connectivity index (χ2n) is 5.43. The number of aromatic nitrogens is 2. The van der Waals surface area contributed by atoms with Gasteiger partial charge in [0, 0.05) is 29.8 Å². The Balaban J connectivity index is 1.37. The molecule has 0 atom stereocenters. The van der Waals surface area contributed by atoms with Crippen molar-refractivity contribution in [1.82, 2.24) is 15.3 Å². The average Bonchev–Trinajstić information content (AvgIpc) is 3.14. The monoisotopic (exact) mass is 353 g/mol. The van der Waals surface area contributed by atoms with E-state index in [-0.39, 0.29) is 5.91 Å². The molecule has 2 heterocycles. The van der Waals surface area contributed by atoms with Gasteiger partial charge in [-0.05, 0) is 30.7 Å². The first-order valence-electron chi connectivity index (χ1n) is 8.10. The molecule has 1 N–H and O–H groups in total. The van der Waals surface area contributed by atoms with Crippen molar-refractivity contribution in [3.8, 4) is 16.3 Å². The minimum Gasteiger partial charge on any atom is -0.494 e. The van der Waals surface area contributed by atoms with Gasteiger partial charge >= 0.3 is 0 Å². The summed E-state index contributed by atoms with van der Waals surface area (Å²) in [6.07, 6.45) is 4.64. The number of thiazole rings is 1. The highest BCUT2D eigenvalue weighted by Gasteiger charge is 2.06. The zero-order valence-corrected chi connectivity index (χ0v) is 14.5. The van der Waals surface area contributed by atoms with Crippen LogP contribution in [0.3, 0.4) is 0 Å². The third-order valence-electron chi connectivity index (χ3n) is 3.49. The number of nitrogens with zero attached hydrogens (tertiary/aromatic N) is 2. The normalized spacial score (nSPS) is 10.4. The van der Waals surface area contributed by atoms with Crippen molar-refractivity contribution in [1.29, 1.82) is 0 Å². The van der Waals surface area contributed by atoms with Crippen molar-refractivity contribution in [2.24, 2.45) is 0 Å². The second kappa shape index (κ2) is 8.94. The third kappa shape index (κ3) is 5.39. The van der Waals surface area contributed by atoms with Crippen LogP contribution in [0.1, 0.15) is 18.5 Å². The van der Waals surface area contributed by atoms with Crippen LogP contribution in [0, 0.1) is 0 Å². The van der Waals surface area contributed by atoms with Crippen molar-refractivity contribution in [2.45, 2.75) is 19.4 Å². The van der Waals surface area contributed by atoms with Crippen molar-refractivity contribution in [3.63, 3.8) is 0 Å². The molecule has 3 rings (SSSR count). The molecule has 25 heavy (non-hydrogen) atoms. The van der Waals surface area contributed by atoms with E-state index >= 15 is 0 Å². The number of hydrogen-bond acceptors (Lipinski definition) is 5. The summed E-state index contributed by atoms with van der Waals surface area (Å²) in [5, 5.41) is 5.77. The number of rotatable bonds is 8. The Bertz CT molecular complexity index is 791. The fourth-order valence-electron chi connectivity index (χ4n) is 2.23. The van der Waals surface area contributed by atoms with Crippen molar-refractivity contribution < 1.29 is 9.53 Å². The van der Waals surface area contributed by atoms with Crippen LogP contribution in [0.2, 0.25) is 0 Å². The number of pyridine rings is 1. The van der Waals surface area contributed by atoms with E-state index in [1.165, 1.54) is 0 Å². The molecule has 128 valence electrons. The van der Waals surface area contributed by atoms with Crippen LogP contribution >= 0.6 is 11.3 Å². The lowest BCUT2D eigenvalue weighted by molar-refractivity contribution is -0.121. The Morgan fingerprint density at radius 1 is 1.16 bits per heavy atom. The Hall–Kier alpha value is -2.73. The molecule has 1 aromatic carbocycles. The number of carbonyl (C=O) groups excluding carboxylic acids is 1. The van der Waals surface area contributed by atoms with Crippen LogP contribution in [0.4, 0.5) is 0 Å². The van der Waals surface area contributed by atoms with Crippen LogP contribution in [-0.2, 0) is 11.3 Å². The molecule has 0 radical (unpaired) electrons. The molecule has 0 aliphatic heterocycles. The predicted molar refractivity (Wildman–Crippen MR) is 98.4 cm³/mol. The van der Waals surface area contributed by atoms with Gasteiger partial charge in [-0.1, -0.05) is 18.2 Å². The first-order valence-corrected chi connectivity index (χ1v) is 8.98. The number of carbonyl (C=O) groups is 1. The predicted octanol–water partition coefficient (Wildman–Crippen LogP) is 3.68. The molecule has 6 heteroatoms. The largest absolute Gasteiger partial charge is 0.494 e. The zero-order chi connectivity index (χ0) is 17.3. The summed E-state index contributed by atoms with van der Waals surface area (Å²) in [5.41, 5.74) is 1.85. The molecule has 2 aromatic heterocycles. The maximum Gasteiger partial charge on any atom is 0.220 e. The molecule has 5 nitrogen and oxygen atoms in total. The number of hydrogen-bond donors (Lipinski definition) is 1. The highest BCUT2D eigenvalue weighted by molar-refractivity contribution is 7.13. The first-order chi connectivity index (χ1) is 12.3. The highest BCUT2D eigenvalue weighted by atomic mass is 32.1. The summed E-state index contributed by atoms with van der Waals surface area (Å²) < 4.78 is 5.57. The molecule has 0 unspecified atom stereocenters. The maximum absolute atomic E-state index is 11.9. The summed E-state index contributed by atoms with van der Waals surface area (Å²) in [6.45, 7) is 0.967. The summed E-state index contributed by atoms with van der Waals surface area (Å²) in [4.78, 5) is 20.5. The number of ether oxygens (including phenoxy) is 1. The van der Waals surface area contributed by atoms with E-state index in [0.717, 1.165) is 22.0 Å². The van der Waals surface area contributed by atoms with E-state index in [4.69, 9.17) is 4.74 Å². The van der Waals surface area contributed by atoms with Gasteiger partial charge in [0.15, 0.2) is 0 Å². The maximum atomic E-state index is 11.9. The van der Waals surface area contributed by atoms with Gasteiger partial charge in [0.2, 0.25) is 5.91 Å². The van der Waals surface area contributed by atoms with Crippen LogP contribution in [0.5, 0.6) is 5.75 Å². The molecule has 0 fully saturated rings. The zero-order valence-electron chi connectivity index (χ0n) is 13.7. The molecule has 3 aromatic rings. The second-order valence-corrected chi connectivity index (χ2v) is 6.29. The summed E-state index contributed by atoms with van der Waals surface area (Å²) in [5.74, 6) is 0.834. The number of para-hydroxylation sites is 1. The van der Waals surface area contributed by atoms with Gasteiger partial charge in [0.25, 0.3) is 0 Å². The quantitative estimate of drug-likeness (QED) is 0.628. The Kier molecular flexibility index (Phi) is 6.11. The van der Waals surface area contributed by atoms with Crippen molar-refractivity contribution in [3.05, 3.63) is 65.9 Å². The fraction of sp³-hybridized carbons (Fsp3) is 0.211. The van der Waals surface area contributed by atoms with Gasteiger partial charge in [0.05, 0.1) is 18.8 Å². The molecule has 0 aliphatic carbocycles. The van der Waals surface area contributed by atoms with E-state index in [9.17, 15) is 4.79 Å². The Morgan fingerprint density at radius 3 is 2.84 bits per heavy atom. The van der Waals surface area contributed by atoms with Gasteiger partial charge < -0.3 is 10.1 Å². The number of amides is 1.